The Labute approximate surface area is 349 Å². The van der Waals surface area contributed by atoms with Crippen molar-refractivity contribution in [2.24, 2.45) is 11.8 Å². The van der Waals surface area contributed by atoms with Crippen LogP contribution in [-0.2, 0) is 0 Å². The quantitative estimate of drug-likeness (QED) is 0.117. The molecule has 61 heavy (non-hydrogen) atoms. The third-order valence-corrected chi connectivity index (χ3v) is 11.2. The largest absolute Gasteiger partial charge is 0.354 e. The minimum atomic E-state index is -1.32. The summed E-state index contributed by atoms with van der Waals surface area (Å²) in [5.74, 6) is -4.70. The lowest BCUT2D eigenvalue weighted by molar-refractivity contribution is -0.374. The summed E-state index contributed by atoms with van der Waals surface area (Å²) in [6, 6.07) is 53.7. The van der Waals surface area contributed by atoms with E-state index < -0.39 is 28.6 Å². The predicted molar refractivity (Wildman–Crippen MR) is 233 cm³/mol. The first-order valence-corrected chi connectivity index (χ1v) is 19.4. The molecule has 11 nitrogen and oxygen atoms in total. The van der Waals surface area contributed by atoms with Gasteiger partial charge in [-0.3, -0.25) is 15.1 Å². The Balaban J connectivity index is 1.59. The lowest BCUT2D eigenvalue weighted by atomic mass is 9.72. The Morgan fingerprint density at radius 3 is 1.21 bits per heavy atom. The molecule has 2 atom stereocenters. The molecule has 9 rings (SSSR count). The fourth-order valence-electron chi connectivity index (χ4n) is 8.57. The van der Waals surface area contributed by atoms with E-state index in [1.165, 1.54) is 6.08 Å². The molecule has 8 bridgehead atoms. The fraction of sp³-hybridized carbons (Fsp3) is 0.0800. The average molecular weight is 790 g/mol. The summed E-state index contributed by atoms with van der Waals surface area (Å²) in [6.07, 6.45) is 1.50. The van der Waals surface area contributed by atoms with Crippen molar-refractivity contribution in [1.82, 2.24) is 19.9 Å². The van der Waals surface area contributed by atoms with Crippen LogP contribution in [0, 0.1) is 67.3 Å². The van der Waals surface area contributed by atoms with E-state index in [0.29, 0.717) is 78.1 Å². The summed E-state index contributed by atoms with van der Waals surface area (Å²) in [5.41, 5.74) is 8.17. The molecule has 2 aliphatic heterocycles. The van der Waals surface area contributed by atoms with Gasteiger partial charge < -0.3 is 9.97 Å². The van der Waals surface area contributed by atoms with Crippen molar-refractivity contribution >= 4 is 33.8 Å². The van der Waals surface area contributed by atoms with E-state index in [2.05, 4.69) is 34.2 Å². The van der Waals surface area contributed by atoms with Gasteiger partial charge in [-0.05, 0) is 46.5 Å². The summed E-state index contributed by atoms with van der Waals surface area (Å²) in [7, 11) is 0. The highest BCUT2D eigenvalue weighted by Crippen LogP contribution is 2.52. The SMILES string of the molecule is N#CC(C#N)[C@H]1c2nc(c(-c3ccccc3)c3ccc([nH]3)c(-c3ccccc3)c3nc(c(-c4ccccc4)c4ccc([nH]4)c2-c2ccccc2)C=C3[N+](=O)[O-])[C@@H]1C(C#N)C#N. The van der Waals surface area contributed by atoms with Crippen molar-refractivity contribution in [3.63, 3.8) is 0 Å². The molecule has 0 radical (unpaired) electrons. The fourth-order valence-corrected chi connectivity index (χ4v) is 8.57. The smallest absolute Gasteiger partial charge is 0.297 e. The molecule has 288 valence electrons. The van der Waals surface area contributed by atoms with Gasteiger partial charge >= 0.3 is 0 Å². The zero-order chi connectivity index (χ0) is 42.0. The number of benzene rings is 4. The second kappa shape index (κ2) is 15.8. The highest BCUT2D eigenvalue weighted by Gasteiger charge is 2.46. The second-order valence-corrected chi connectivity index (χ2v) is 14.6. The molecule has 0 spiro atoms. The van der Waals surface area contributed by atoms with E-state index >= 15 is 0 Å². The van der Waals surface area contributed by atoms with Crippen molar-refractivity contribution < 1.29 is 4.92 Å². The molecule has 2 aliphatic rings. The number of nitriles is 4. The first-order chi connectivity index (χ1) is 29.9. The van der Waals surface area contributed by atoms with Gasteiger partial charge in [0.15, 0.2) is 5.69 Å². The van der Waals surface area contributed by atoms with Crippen LogP contribution >= 0.6 is 0 Å². The van der Waals surface area contributed by atoms with Crippen molar-refractivity contribution in [2.45, 2.75) is 11.8 Å². The molecule has 0 amide bonds. The number of aromatic nitrogens is 4. The molecule has 0 fully saturated rings. The highest BCUT2D eigenvalue weighted by atomic mass is 16.6. The van der Waals surface area contributed by atoms with Crippen LogP contribution < -0.4 is 0 Å². The number of nitrogens with zero attached hydrogens (tertiary/aromatic N) is 7. The van der Waals surface area contributed by atoms with E-state index in [9.17, 15) is 31.2 Å². The van der Waals surface area contributed by atoms with Crippen molar-refractivity contribution in [3.8, 4) is 68.8 Å². The number of hydrogen-bond acceptors (Lipinski definition) is 8. The maximum absolute atomic E-state index is 13.1. The van der Waals surface area contributed by atoms with Gasteiger partial charge in [-0.15, -0.1) is 0 Å². The van der Waals surface area contributed by atoms with Gasteiger partial charge in [-0.2, -0.15) is 21.0 Å². The third kappa shape index (κ3) is 6.55. The van der Waals surface area contributed by atoms with Crippen LogP contribution in [0.5, 0.6) is 0 Å². The van der Waals surface area contributed by atoms with Gasteiger partial charge in [-0.25, -0.2) is 4.98 Å². The van der Waals surface area contributed by atoms with Gasteiger partial charge in [0, 0.05) is 62.2 Å². The van der Waals surface area contributed by atoms with E-state index in [-0.39, 0.29) is 11.4 Å². The van der Waals surface area contributed by atoms with Crippen LogP contribution in [-0.4, -0.2) is 24.9 Å². The van der Waals surface area contributed by atoms with Crippen molar-refractivity contribution in [2.75, 3.05) is 0 Å². The zero-order valence-electron chi connectivity index (χ0n) is 32.2. The molecule has 0 saturated heterocycles. The van der Waals surface area contributed by atoms with Gasteiger partial charge in [0.05, 0.1) is 46.3 Å². The number of aromatic amines is 2. The summed E-state index contributed by atoms with van der Waals surface area (Å²) in [4.78, 5) is 30.3. The Kier molecular flexibility index (Phi) is 9.76. The molecule has 0 unspecified atom stereocenters. The van der Waals surface area contributed by atoms with Gasteiger partial charge in [0.25, 0.3) is 5.70 Å². The molecule has 7 aromatic rings. The van der Waals surface area contributed by atoms with Gasteiger partial charge in [0.1, 0.15) is 11.8 Å². The Hall–Kier alpha value is -8.90. The van der Waals surface area contributed by atoms with Crippen LogP contribution in [0.15, 0.2) is 146 Å². The predicted octanol–water partition coefficient (Wildman–Crippen LogP) is 11.0. The third-order valence-electron chi connectivity index (χ3n) is 11.2. The normalized spacial score (nSPS) is 14.4. The number of H-pyrrole nitrogens is 2. The Morgan fingerprint density at radius 1 is 0.492 bits per heavy atom. The second-order valence-electron chi connectivity index (χ2n) is 14.6. The standard InChI is InChI=1S/C50H31N9O2/c51-26-34(27-52)46-47(35(28-53)29-54)50-45(33-19-11-4-12-20-33)39-24-23-37(56-39)43(31-15-7-2-8-16-31)48-41(59(60)61)25-40(57-48)42(30-13-5-1-6-14-30)36-21-22-38(55-36)44(49(46)58-50)32-17-9-3-10-18-32/h1-25,34-35,46-47,55-56H/t46-,47-/m1/s1. The number of rotatable bonds is 7. The Bertz CT molecular complexity index is 3210. The first-order valence-electron chi connectivity index (χ1n) is 19.4. The summed E-state index contributed by atoms with van der Waals surface area (Å²) in [5, 5.41) is 55.7. The summed E-state index contributed by atoms with van der Waals surface area (Å²) < 4.78 is 0. The maximum atomic E-state index is 13.1. The average Bonchev–Trinajstić information content (AvgIpc) is 4.13. The van der Waals surface area contributed by atoms with Gasteiger partial charge in [0.2, 0.25) is 0 Å². The topological polar surface area (TPSA) is 196 Å². The minimum Gasteiger partial charge on any atom is -0.354 e. The lowest BCUT2D eigenvalue weighted by Crippen LogP contribution is -2.21. The number of nitrogens with one attached hydrogen (secondary N) is 2. The molecule has 2 N–H and O–H groups in total. The first kappa shape index (κ1) is 37.7. The molecular formula is C50H31N9O2. The van der Waals surface area contributed by atoms with Crippen LogP contribution in [0.1, 0.15) is 34.6 Å². The molecule has 0 aliphatic carbocycles. The maximum Gasteiger partial charge on any atom is 0.297 e. The summed E-state index contributed by atoms with van der Waals surface area (Å²) >= 11 is 0. The number of hydrogen-bond donors (Lipinski definition) is 2. The molecule has 11 heteroatoms. The van der Waals surface area contributed by atoms with Crippen LogP contribution in [0.25, 0.3) is 78.3 Å². The van der Waals surface area contributed by atoms with E-state index in [1.54, 1.807) is 0 Å². The monoisotopic (exact) mass is 789 g/mol. The zero-order valence-corrected chi connectivity index (χ0v) is 32.2. The van der Waals surface area contributed by atoms with E-state index in [0.717, 1.165) is 5.56 Å². The molecule has 4 aromatic carbocycles. The van der Waals surface area contributed by atoms with Gasteiger partial charge in [-0.1, -0.05) is 121 Å². The van der Waals surface area contributed by atoms with Crippen molar-refractivity contribution in [1.29, 1.82) is 21.0 Å². The highest BCUT2D eigenvalue weighted by molar-refractivity contribution is 5.99. The number of nitro groups is 1. The van der Waals surface area contributed by atoms with Crippen molar-refractivity contribution in [3.05, 3.63) is 178 Å². The molecule has 3 aromatic heterocycles. The number of fused-ring (bicyclic) bond motifs is 8. The molecular weight excluding hydrogens is 759 g/mol. The molecule has 0 saturated carbocycles. The Morgan fingerprint density at radius 2 is 0.836 bits per heavy atom. The summed E-state index contributed by atoms with van der Waals surface area (Å²) in [6.45, 7) is 0. The van der Waals surface area contributed by atoms with Crippen LogP contribution in [0.4, 0.5) is 0 Å². The van der Waals surface area contributed by atoms with Crippen LogP contribution in [0.2, 0.25) is 0 Å². The lowest BCUT2D eigenvalue weighted by Gasteiger charge is -2.23. The van der Waals surface area contributed by atoms with E-state index in [1.807, 2.05) is 146 Å². The molecule has 5 heterocycles. The van der Waals surface area contributed by atoms with Crippen LogP contribution in [0.3, 0.4) is 0 Å². The minimum absolute atomic E-state index is 0.149. The van der Waals surface area contributed by atoms with E-state index in [4.69, 9.17) is 9.97 Å².